The van der Waals surface area contributed by atoms with Crippen LogP contribution in [0.1, 0.15) is 5.56 Å². The molecule has 0 heterocycles. The Morgan fingerprint density at radius 3 is 1.76 bits per heavy atom. The largest absolute Gasteiger partial charge is 0.427 e. The van der Waals surface area contributed by atoms with Gasteiger partial charge < -0.3 is 14.3 Å². The molecule has 0 spiro atoms. The van der Waals surface area contributed by atoms with Crippen molar-refractivity contribution in [1.29, 1.82) is 0 Å². The highest BCUT2D eigenvalue weighted by atomic mass is 31.2. The van der Waals surface area contributed by atoms with E-state index in [0.717, 1.165) is 11.1 Å². The summed E-state index contributed by atoms with van der Waals surface area (Å²) in [6, 6.07) is 15.4. The normalized spacial score (nSPS) is 10.6. The van der Waals surface area contributed by atoms with Gasteiger partial charge in [-0.15, -0.1) is 0 Å². The van der Waals surface area contributed by atoms with E-state index < -0.39 is 8.60 Å². The van der Waals surface area contributed by atoms with Gasteiger partial charge in [-0.1, -0.05) is 42.0 Å². The zero-order chi connectivity index (χ0) is 12.3. The third-order valence-electron chi connectivity index (χ3n) is 2.43. The Kier molecular flexibility index (Phi) is 3.75. The predicted octanol–water partition coefficient (Wildman–Crippen LogP) is 3.25. The van der Waals surface area contributed by atoms with Crippen LogP contribution in [0.3, 0.4) is 0 Å². The highest BCUT2D eigenvalue weighted by Gasteiger charge is 2.03. The molecule has 17 heavy (non-hydrogen) atoms. The summed E-state index contributed by atoms with van der Waals surface area (Å²) in [6.07, 6.45) is 0. The van der Waals surface area contributed by atoms with Crippen molar-refractivity contribution in [3.8, 4) is 16.9 Å². The van der Waals surface area contributed by atoms with Gasteiger partial charge in [-0.05, 0) is 30.2 Å². The summed E-state index contributed by atoms with van der Waals surface area (Å²) >= 11 is 0. The molecule has 88 valence electrons. The second kappa shape index (κ2) is 5.28. The van der Waals surface area contributed by atoms with E-state index in [1.165, 1.54) is 5.56 Å². The number of aryl methyl sites for hydroxylation is 1. The Bertz CT molecular complexity index is 477. The molecule has 0 saturated heterocycles. The molecule has 2 aromatic rings. The van der Waals surface area contributed by atoms with Crippen LogP contribution in [0.15, 0.2) is 48.5 Å². The van der Waals surface area contributed by atoms with Crippen molar-refractivity contribution in [3.05, 3.63) is 54.1 Å². The van der Waals surface area contributed by atoms with Crippen molar-refractivity contribution in [2.24, 2.45) is 0 Å². The molecule has 4 heteroatoms. The lowest BCUT2D eigenvalue weighted by molar-refractivity contribution is 0.375. The van der Waals surface area contributed by atoms with Gasteiger partial charge in [-0.3, -0.25) is 0 Å². The van der Waals surface area contributed by atoms with E-state index >= 15 is 0 Å². The summed E-state index contributed by atoms with van der Waals surface area (Å²) in [6.45, 7) is 2.05. The molecule has 0 unspecified atom stereocenters. The topological polar surface area (TPSA) is 49.7 Å². The zero-order valence-corrected chi connectivity index (χ0v) is 10.3. The van der Waals surface area contributed by atoms with Crippen LogP contribution in [0, 0.1) is 6.92 Å². The maximum atomic E-state index is 8.72. The molecule has 0 aliphatic carbocycles. The summed E-state index contributed by atoms with van der Waals surface area (Å²) < 4.78 is 4.80. The molecule has 2 aromatic carbocycles. The monoisotopic (exact) mass is 248 g/mol. The minimum absolute atomic E-state index is 0.456. The number of hydrogen-bond donors (Lipinski definition) is 2. The summed E-state index contributed by atoms with van der Waals surface area (Å²) in [7, 11) is -2.34. The molecule has 0 fully saturated rings. The van der Waals surface area contributed by atoms with Crippen LogP contribution >= 0.6 is 8.60 Å². The van der Waals surface area contributed by atoms with E-state index in [-0.39, 0.29) is 0 Å². The second-order valence-corrected chi connectivity index (χ2v) is 4.42. The molecule has 0 saturated carbocycles. The van der Waals surface area contributed by atoms with Gasteiger partial charge in [0.25, 0.3) is 0 Å². The summed E-state index contributed by atoms with van der Waals surface area (Å²) in [4.78, 5) is 17.4. The fourth-order valence-corrected chi connectivity index (χ4v) is 1.86. The van der Waals surface area contributed by atoms with Gasteiger partial charge in [0.2, 0.25) is 0 Å². The van der Waals surface area contributed by atoms with Crippen molar-refractivity contribution in [2.75, 3.05) is 0 Å². The van der Waals surface area contributed by atoms with Gasteiger partial charge in [0.05, 0.1) is 0 Å². The number of benzene rings is 2. The predicted molar refractivity (Wildman–Crippen MR) is 68.6 cm³/mol. The standard InChI is InChI=1S/C13H13O3P/c1-10-2-4-11(5-3-10)12-6-8-13(9-7-12)16-17(14)15/h2-9,14-15H,1H3. The average Bonchev–Trinajstić information content (AvgIpc) is 2.30. The van der Waals surface area contributed by atoms with E-state index in [0.29, 0.717) is 5.75 Å². The minimum Gasteiger partial charge on any atom is -0.427 e. The first kappa shape index (κ1) is 12.1. The summed E-state index contributed by atoms with van der Waals surface area (Å²) in [5.74, 6) is 0.456. The first-order valence-electron chi connectivity index (χ1n) is 5.18. The third kappa shape index (κ3) is 3.27. The molecule has 2 N–H and O–H groups in total. The minimum atomic E-state index is -2.34. The summed E-state index contributed by atoms with van der Waals surface area (Å²) in [5.41, 5.74) is 3.41. The molecule has 0 atom stereocenters. The van der Waals surface area contributed by atoms with Crippen LogP contribution in [-0.2, 0) is 0 Å². The van der Waals surface area contributed by atoms with Crippen molar-refractivity contribution < 1.29 is 14.3 Å². The van der Waals surface area contributed by atoms with E-state index in [9.17, 15) is 0 Å². The van der Waals surface area contributed by atoms with Crippen molar-refractivity contribution in [2.45, 2.75) is 6.92 Å². The lowest BCUT2D eigenvalue weighted by atomic mass is 10.0. The second-order valence-electron chi connectivity index (χ2n) is 3.73. The zero-order valence-electron chi connectivity index (χ0n) is 9.37. The summed E-state index contributed by atoms with van der Waals surface area (Å²) in [5, 5.41) is 0. The van der Waals surface area contributed by atoms with Crippen LogP contribution in [0.5, 0.6) is 5.75 Å². The van der Waals surface area contributed by atoms with Crippen LogP contribution < -0.4 is 4.52 Å². The van der Waals surface area contributed by atoms with Gasteiger partial charge in [-0.25, -0.2) is 0 Å². The molecule has 0 aromatic heterocycles. The fourth-order valence-electron chi connectivity index (χ4n) is 1.55. The highest BCUT2D eigenvalue weighted by molar-refractivity contribution is 7.39. The maximum Gasteiger partial charge on any atom is 0.391 e. The molecule has 0 aliphatic heterocycles. The molecule has 2 rings (SSSR count). The van der Waals surface area contributed by atoms with E-state index in [4.69, 9.17) is 14.3 Å². The lowest BCUT2D eigenvalue weighted by Gasteiger charge is -2.06. The maximum absolute atomic E-state index is 8.72. The third-order valence-corrected chi connectivity index (χ3v) is 2.80. The molecule has 0 radical (unpaired) electrons. The van der Waals surface area contributed by atoms with Gasteiger partial charge in [-0.2, -0.15) is 0 Å². The first-order valence-corrected chi connectivity index (χ1v) is 6.34. The van der Waals surface area contributed by atoms with Crippen molar-refractivity contribution >= 4 is 8.60 Å². The van der Waals surface area contributed by atoms with Crippen LogP contribution in [0.25, 0.3) is 11.1 Å². The molecule has 0 aliphatic rings. The van der Waals surface area contributed by atoms with Gasteiger partial charge in [0.15, 0.2) is 0 Å². The molecule has 0 amide bonds. The number of hydrogen-bond acceptors (Lipinski definition) is 3. The van der Waals surface area contributed by atoms with Crippen LogP contribution in [0.2, 0.25) is 0 Å². The van der Waals surface area contributed by atoms with Gasteiger partial charge >= 0.3 is 8.60 Å². The number of rotatable bonds is 3. The Balaban J connectivity index is 2.20. The molecule has 3 nitrogen and oxygen atoms in total. The van der Waals surface area contributed by atoms with Gasteiger partial charge in [0, 0.05) is 0 Å². The molecular formula is C13H13O3P. The Morgan fingerprint density at radius 1 is 0.824 bits per heavy atom. The van der Waals surface area contributed by atoms with Crippen LogP contribution in [0.4, 0.5) is 0 Å². The van der Waals surface area contributed by atoms with Crippen molar-refractivity contribution in [1.82, 2.24) is 0 Å². The fraction of sp³-hybridized carbons (Fsp3) is 0.0769. The highest BCUT2D eigenvalue weighted by Crippen LogP contribution is 2.30. The average molecular weight is 248 g/mol. The quantitative estimate of drug-likeness (QED) is 0.820. The van der Waals surface area contributed by atoms with E-state index in [2.05, 4.69) is 24.3 Å². The van der Waals surface area contributed by atoms with E-state index in [1.807, 2.05) is 19.1 Å². The lowest BCUT2D eigenvalue weighted by Crippen LogP contribution is -1.85. The molecule has 0 bridgehead atoms. The van der Waals surface area contributed by atoms with Crippen LogP contribution in [-0.4, -0.2) is 9.79 Å². The Labute approximate surface area is 101 Å². The smallest absolute Gasteiger partial charge is 0.391 e. The van der Waals surface area contributed by atoms with Gasteiger partial charge in [0.1, 0.15) is 5.75 Å². The SMILES string of the molecule is Cc1ccc(-c2ccc(OP(O)O)cc2)cc1. The van der Waals surface area contributed by atoms with E-state index in [1.54, 1.807) is 12.1 Å². The van der Waals surface area contributed by atoms with Crippen molar-refractivity contribution in [3.63, 3.8) is 0 Å². The Hall–Kier alpha value is -1.41. The molecular weight excluding hydrogens is 235 g/mol. The Morgan fingerprint density at radius 2 is 1.29 bits per heavy atom. The first-order chi connectivity index (χ1) is 8.15.